The Hall–Kier alpha value is -2.03. The lowest BCUT2D eigenvalue weighted by molar-refractivity contribution is 0.101. The average Bonchev–Trinajstić information content (AvgIpc) is 2.99. The molecule has 1 aliphatic rings. The SMILES string of the molecule is CC(=O)c1cccc2c1[C@H](Cc1ccco1)CO2. The lowest BCUT2D eigenvalue weighted by atomic mass is 9.91. The molecule has 0 fully saturated rings. The summed E-state index contributed by atoms with van der Waals surface area (Å²) in [5.41, 5.74) is 1.79. The molecular weight excluding hydrogens is 228 g/mol. The first-order valence-corrected chi connectivity index (χ1v) is 6.04. The number of rotatable bonds is 3. The highest BCUT2D eigenvalue weighted by Gasteiger charge is 2.29. The van der Waals surface area contributed by atoms with Crippen LogP contribution in [0.15, 0.2) is 41.0 Å². The van der Waals surface area contributed by atoms with Gasteiger partial charge in [-0.2, -0.15) is 0 Å². The van der Waals surface area contributed by atoms with Gasteiger partial charge in [-0.25, -0.2) is 0 Å². The summed E-state index contributed by atoms with van der Waals surface area (Å²) in [6.45, 7) is 2.21. The van der Waals surface area contributed by atoms with E-state index in [2.05, 4.69) is 0 Å². The van der Waals surface area contributed by atoms with Gasteiger partial charge in [-0.1, -0.05) is 12.1 Å². The number of Topliss-reactive ketones (excluding diaryl/α,β-unsaturated/α-hetero) is 1. The Bertz CT molecular complexity index is 569. The molecule has 0 unspecified atom stereocenters. The minimum atomic E-state index is 0.0850. The Morgan fingerprint density at radius 1 is 1.33 bits per heavy atom. The minimum absolute atomic E-state index is 0.0850. The van der Waals surface area contributed by atoms with Crippen LogP contribution in [0.5, 0.6) is 5.75 Å². The van der Waals surface area contributed by atoms with Gasteiger partial charge >= 0.3 is 0 Å². The van der Waals surface area contributed by atoms with Crippen LogP contribution < -0.4 is 4.74 Å². The topological polar surface area (TPSA) is 39.4 Å². The maximum Gasteiger partial charge on any atom is 0.160 e. The number of carbonyl (C=O) groups is 1. The lowest BCUT2D eigenvalue weighted by Crippen LogP contribution is -2.07. The number of ether oxygens (including phenoxy) is 1. The highest BCUT2D eigenvalue weighted by molar-refractivity contribution is 5.96. The zero-order valence-electron chi connectivity index (χ0n) is 10.2. The normalized spacial score (nSPS) is 17.3. The number of fused-ring (bicyclic) bond motifs is 1. The first-order valence-electron chi connectivity index (χ1n) is 6.04. The van der Waals surface area contributed by atoms with E-state index < -0.39 is 0 Å². The van der Waals surface area contributed by atoms with E-state index in [9.17, 15) is 4.79 Å². The largest absolute Gasteiger partial charge is 0.493 e. The summed E-state index contributed by atoms with van der Waals surface area (Å²) in [5.74, 6) is 2.04. The van der Waals surface area contributed by atoms with Crippen LogP contribution in [0.3, 0.4) is 0 Å². The van der Waals surface area contributed by atoms with Crippen molar-refractivity contribution in [2.24, 2.45) is 0 Å². The number of hydrogen-bond acceptors (Lipinski definition) is 3. The van der Waals surface area contributed by atoms with Crippen molar-refractivity contribution in [1.82, 2.24) is 0 Å². The molecule has 92 valence electrons. The molecule has 2 heterocycles. The van der Waals surface area contributed by atoms with Crippen molar-refractivity contribution in [1.29, 1.82) is 0 Å². The standard InChI is InChI=1S/C15H14O3/c1-10(16)13-5-2-6-14-15(13)11(9-18-14)8-12-4-3-7-17-12/h2-7,11H,8-9H2,1H3/t11-/m1/s1. The molecule has 18 heavy (non-hydrogen) atoms. The second-order valence-electron chi connectivity index (χ2n) is 4.56. The zero-order valence-corrected chi connectivity index (χ0v) is 10.2. The van der Waals surface area contributed by atoms with Crippen LogP contribution in [0, 0.1) is 0 Å². The van der Waals surface area contributed by atoms with E-state index in [1.807, 2.05) is 30.3 Å². The molecule has 1 atom stereocenters. The van der Waals surface area contributed by atoms with Crippen LogP contribution in [0.25, 0.3) is 0 Å². The van der Waals surface area contributed by atoms with E-state index in [0.717, 1.165) is 29.1 Å². The number of ketones is 1. The Labute approximate surface area is 105 Å². The molecule has 0 saturated carbocycles. The van der Waals surface area contributed by atoms with E-state index in [4.69, 9.17) is 9.15 Å². The van der Waals surface area contributed by atoms with Crippen molar-refractivity contribution in [3.8, 4) is 5.75 Å². The zero-order chi connectivity index (χ0) is 12.5. The van der Waals surface area contributed by atoms with E-state index in [1.165, 1.54) is 0 Å². The highest BCUT2D eigenvalue weighted by Crippen LogP contribution is 2.38. The molecule has 0 spiro atoms. The van der Waals surface area contributed by atoms with Gasteiger partial charge in [0.2, 0.25) is 0 Å². The third-order valence-electron chi connectivity index (χ3n) is 3.32. The van der Waals surface area contributed by atoms with Gasteiger partial charge < -0.3 is 9.15 Å². The van der Waals surface area contributed by atoms with Gasteiger partial charge in [0.05, 0.1) is 12.9 Å². The van der Waals surface area contributed by atoms with Crippen molar-refractivity contribution >= 4 is 5.78 Å². The third-order valence-corrected chi connectivity index (χ3v) is 3.32. The molecule has 0 bridgehead atoms. The Morgan fingerprint density at radius 3 is 2.94 bits per heavy atom. The van der Waals surface area contributed by atoms with Gasteiger partial charge in [-0.15, -0.1) is 0 Å². The summed E-state index contributed by atoms with van der Waals surface area (Å²) in [4.78, 5) is 11.7. The molecule has 3 nitrogen and oxygen atoms in total. The average molecular weight is 242 g/mol. The number of carbonyl (C=O) groups excluding carboxylic acids is 1. The van der Waals surface area contributed by atoms with Crippen LogP contribution in [0.1, 0.15) is 34.5 Å². The van der Waals surface area contributed by atoms with E-state index in [0.29, 0.717) is 6.61 Å². The predicted octanol–water partition coefficient (Wildman–Crippen LogP) is 3.20. The summed E-state index contributed by atoms with van der Waals surface area (Å²) in [7, 11) is 0. The van der Waals surface area contributed by atoms with Crippen LogP contribution in [0.4, 0.5) is 0 Å². The van der Waals surface area contributed by atoms with E-state index in [1.54, 1.807) is 13.2 Å². The fraction of sp³-hybridized carbons (Fsp3) is 0.267. The Kier molecular flexibility index (Phi) is 2.67. The number of benzene rings is 1. The summed E-state index contributed by atoms with van der Waals surface area (Å²) in [6.07, 6.45) is 2.44. The van der Waals surface area contributed by atoms with E-state index >= 15 is 0 Å². The Morgan fingerprint density at radius 2 is 2.22 bits per heavy atom. The molecule has 1 aromatic carbocycles. The first-order chi connectivity index (χ1) is 8.75. The van der Waals surface area contributed by atoms with Crippen LogP contribution in [-0.2, 0) is 6.42 Å². The van der Waals surface area contributed by atoms with E-state index in [-0.39, 0.29) is 11.7 Å². The van der Waals surface area contributed by atoms with Gasteiger partial charge in [0.15, 0.2) is 5.78 Å². The van der Waals surface area contributed by atoms with Gasteiger partial charge in [0.1, 0.15) is 11.5 Å². The first kappa shape index (κ1) is 11.1. The van der Waals surface area contributed by atoms with Crippen LogP contribution in [0.2, 0.25) is 0 Å². The number of furan rings is 1. The lowest BCUT2D eigenvalue weighted by Gasteiger charge is -2.10. The molecular formula is C15H14O3. The molecule has 0 N–H and O–H groups in total. The van der Waals surface area contributed by atoms with Gasteiger partial charge in [0, 0.05) is 23.5 Å². The summed E-state index contributed by atoms with van der Waals surface area (Å²) in [6, 6.07) is 9.48. The molecule has 1 aliphatic heterocycles. The summed E-state index contributed by atoms with van der Waals surface area (Å²) in [5, 5.41) is 0. The molecule has 3 heteroatoms. The van der Waals surface area contributed by atoms with Crippen molar-refractivity contribution in [3.63, 3.8) is 0 Å². The van der Waals surface area contributed by atoms with Crippen molar-refractivity contribution in [3.05, 3.63) is 53.5 Å². The monoisotopic (exact) mass is 242 g/mol. The molecule has 1 aromatic heterocycles. The molecule has 0 amide bonds. The van der Waals surface area contributed by atoms with Crippen LogP contribution >= 0.6 is 0 Å². The summed E-state index contributed by atoms with van der Waals surface area (Å²) >= 11 is 0. The highest BCUT2D eigenvalue weighted by atomic mass is 16.5. The molecule has 3 rings (SSSR count). The predicted molar refractivity (Wildman–Crippen MR) is 67.1 cm³/mol. The minimum Gasteiger partial charge on any atom is -0.493 e. The number of hydrogen-bond donors (Lipinski definition) is 0. The van der Waals surface area contributed by atoms with Crippen LogP contribution in [-0.4, -0.2) is 12.4 Å². The van der Waals surface area contributed by atoms with Gasteiger partial charge in [-0.05, 0) is 25.1 Å². The smallest absolute Gasteiger partial charge is 0.160 e. The second kappa shape index (κ2) is 4.33. The molecule has 0 saturated heterocycles. The fourth-order valence-corrected chi connectivity index (χ4v) is 2.50. The molecule has 0 radical (unpaired) electrons. The summed E-state index contributed by atoms with van der Waals surface area (Å²) < 4.78 is 11.0. The third kappa shape index (κ3) is 1.82. The van der Waals surface area contributed by atoms with Crippen molar-refractivity contribution in [2.75, 3.05) is 6.61 Å². The molecule has 2 aromatic rings. The van der Waals surface area contributed by atoms with Crippen molar-refractivity contribution < 1.29 is 13.9 Å². The second-order valence-corrected chi connectivity index (χ2v) is 4.56. The quantitative estimate of drug-likeness (QED) is 0.776. The van der Waals surface area contributed by atoms with Crippen molar-refractivity contribution in [2.45, 2.75) is 19.3 Å². The maximum absolute atomic E-state index is 11.7. The molecule has 0 aliphatic carbocycles. The van der Waals surface area contributed by atoms with Gasteiger partial charge in [-0.3, -0.25) is 4.79 Å². The fourth-order valence-electron chi connectivity index (χ4n) is 2.50. The van der Waals surface area contributed by atoms with Gasteiger partial charge in [0.25, 0.3) is 0 Å². The Balaban J connectivity index is 1.97. The maximum atomic E-state index is 11.7.